The maximum atomic E-state index is 12.1. The zero-order valence-corrected chi connectivity index (χ0v) is 12.1. The summed E-state index contributed by atoms with van der Waals surface area (Å²) in [4.78, 5) is 27.0. The third-order valence-corrected chi connectivity index (χ3v) is 3.38. The third kappa shape index (κ3) is 3.66. The smallest absolute Gasteiger partial charge is 0.322 e. The lowest BCUT2D eigenvalue weighted by Gasteiger charge is -2.35. The topological polar surface area (TPSA) is 98.7 Å². The number of hydrogen-bond acceptors (Lipinski definition) is 5. The lowest BCUT2D eigenvalue weighted by Crippen LogP contribution is -2.53. The van der Waals surface area contributed by atoms with Crippen molar-refractivity contribution in [3.05, 3.63) is 18.0 Å². The van der Waals surface area contributed by atoms with Gasteiger partial charge in [-0.1, -0.05) is 0 Å². The normalized spacial score (nSPS) is 16.5. The minimum absolute atomic E-state index is 0.227. The predicted octanol–water partition coefficient (Wildman–Crippen LogP) is -0.158. The summed E-state index contributed by atoms with van der Waals surface area (Å²) in [6.45, 7) is 4.92. The number of nitrogens with zero attached hydrogens (tertiary/aromatic N) is 4. The van der Waals surface area contributed by atoms with Crippen molar-refractivity contribution in [2.45, 2.75) is 20.0 Å². The molecule has 1 atom stereocenters. The van der Waals surface area contributed by atoms with Crippen molar-refractivity contribution in [1.29, 1.82) is 0 Å². The molecule has 1 unspecified atom stereocenters. The Hall–Kier alpha value is -2.22. The summed E-state index contributed by atoms with van der Waals surface area (Å²) in [6, 6.07) is 1.46. The van der Waals surface area contributed by atoms with Gasteiger partial charge in [0.1, 0.15) is 6.10 Å². The van der Waals surface area contributed by atoms with Crippen molar-refractivity contribution < 1.29 is 14.7 Å². The van der Waals surface area contributed by atoms with Crippen molar-refractivity contribution in [2.75, 3.05) is 31.5 Å². The van der Waals surface area contributed by atoms with Crippen LogP contribution in [0, 0.1) is 6.92 Å². The summed E-state index contributed by atoms with van der Waals surface area (Å²) in [5, 5.41) is 19.7. The van der Waals surface area contributed by atoms with Gasteiger partial charge >= 0.3 is 6.03 Å². The van der Waals surface area contributed by atoms with Gasteiger partial charge in [0.15, 0.2) is 0 Å². The van der Waals surface area contributed by atoms with Crippen molar-refractivity contribution >= 4 is 17.6 Å². The molecule has 2 N–H and O–H groups in total. The summed E-state index contributed by atoms with van der Waals surface area (Å²) < 4.78 is 0. The molecule has 1 aromatic heterocycles. The lowest BCUT2D eigenvalue weighted by atomic mass is 10.2. The van der Waals surface area contributed by atoms with Gasteiger partial charge in [-0.3, -0.25) is 4.79 Å². The van der Waals surface area contributed by atoms with E-state index in [0.717, 1.165) is 0 Å². The molecule has 1 aliphatic rings. The van der Waals surface area contributed by atoms with Gasteiger partial charge in [0.2, 0.25) is 0 Å². The highest BCUT2D eigenvalue weighted by molar-refractivity contribution is 5.90. The molecule has 114 valence electrons. The fourth-order valence-electron chi connectivity index (χ4n) is 2.12. The molecule has 1 aliphatic heterocycles. The molecule has 21 heavy (non-hydrogen) atoms. The molecule has 3 amide bonds. The monoisotopic (exact) mass is 293 g/mol. The molecule has 1 fully saturated rings. The number of carbonyl (C=O) groups excluding carboxylic acids is 2. The van der Waals surface area contributed by atoms with Crippen LogP contribution in [0.5, 0.6) is 0 Å². The maximum Gasteiger partial charge on any atom is 0.322 e. The first-order valence-corrected chi connectivity index (χ1v) is 6.80. The van der Waals surface area contributed by atoms with Crippen molar-refractivity contribution in [3.8, 4) is 0 Å². The number of hydrogen-bond donors (Lipinski definition) is 2. The number of nitrogens with one attached hydrogen (secondary N) is 1. The summed E-state index contributed by atoms with van der Waals surface area (Å²) in [7, 11) is 0. The molecule has 0 bridgehead atoms. The molecule has 1 saturated heterocycles. The number of aliphatic hydroxyl groups is 1. The number of piperazine rings is 1. The molecule has 8 heteroatoms. The first-order valence-electron chi connectivity index (χ1n) is 6.80. The molecule has 1 aromatic rings. The molecule has 2 rings (SSSR count). The molecular formula is C13H19N5O3. The predicted molar refractivity (Wildman–Crippen MR) is 75.6 cm³/mol. The Morgan fingerprint density at radius 2 is 1.90 bits per heavy atom. The number of aryl methyl sites for hydroxylation is 1. The number of anilines is 1. The van der Waals surface area contributed by atoms with Crippen LogP contribution in [0.2, 0.25) is 0 Å². The Morgan fingerprint density at radius 3 is 2.48 bits per heavy atom. The largest absolute Gasteiger partial charge is 0.384 e. The van der Waals surface area contributed by atoms with Gasteiger partial charge in [-0.05, 0) is 19.9 Å². The van der Waals surface area contributed by atoms with E-state index in [9.17, 15) is 14.7 Å². The summed E-state index contributed by atoms with van der Waals surface area (Å²) >= 11 is 0. The third-order valence-electron chi connectivity index (χ3n) is 3.38. The number of carbonyl (C=O) groups is 2. The number of rotatable bonds is 2. The van der Waals surface area contributed by atoms with Crippen molar-refractivity contribution in [2.24, 2.45) is 0 Å². The standard InChI is InChI=1S/C13H19N5O3/c1-9-11(3-4-14-16-9)15-13(21)18-7-5-17(6-8-18)12(20)10(2)19/h3-4,10,19H,5-8H2,1-2H3,(H,14,15,21). The average molecular weight is 293 g/mol. The van der Waals surface area contributed by atoms with E-state index in [2.05, 4.69) is 15.5 Å². The molecule has 0 spiro atoms. The van der Waals surface area contributed by atoms with Crippen LogP contribution in [0.4, 0.5) is 10.5 Å². The molecule has 0 aliphatic carbocycles. The fraction of sp³-hybridized carbons (Fsp3) is 0.538. The highest BCUT2D eigenvalue weighted by atomic mass is 16.3. The van der Waals surface area contributed by atoms with Crippen LogP contribution in [0.15, 0.2) is 12.3 Å². The molecule has 0 radical (unpaired) electrons. The number of urea groups is 1. The Labute approximate surface area is 122 Å². The summed E-state index contributed by atoms with van der Waals surface area (Å²) in [6.07, 6.45) is 0.512. The van der Waals surface area contributed by atoms with Crippen LogP contribution in [0.3, 0.4) is 0 Å². The molecule has 0 saturated carbocycles. The molecular weight excluding hydrogens is 274 g/mol. The minimum Gasteiger partial charge on any atom is -0.384 e. The van der Waals surface area contributed by atoms with Crippen molar-refractivity contribution in [1.82, 2.24) is 20.0 Å². The van der Waals surface area contributed by atoms with E-state index in [1.807, 2.05) is 0 Å². The first-order chi connectivity index (χ1) is 9.99. The second kappa shape index (κ2) is 6.49. The quantitative estimate of drug-likeness (QED) is 0.789. The second-order valence-electron chi connectivity index (χ2n) is 4.95. The van der Waals surface area contributed by atoms with Gasteiger partial charge in [-0.25, -0.2) is 4.79 Å². The highest BCUT2D eigenvalue weighted by Gasteiger charge is 2.26. The average Bonchev–Trinajstić information content (AvgIpc) is 2.49. The highest BCUT2D eigenvalue weighted by Crippen LogP contribution is 2.11. The Morgan fingerprint density at radius 1 is 1.29 bits per heavy atom. The van der Waals surface area contributed by atoms with Gasteiger partial charge in [-0.15, -0.1) is 0 Å². The van der Waals surface area contributed by atoms with Crippen LogP contribution < -0.4 is 5.32 Å². The van der Waals surface area contributed by atoms with E-state index in [4.69, 9.17) is 0 Å². The van der Waals surface area contributed by atoms with Crippen LogP contribution in [-0.4, -0.2) is 69.3 Å². The van der Waals surface area contributed by atoms with E-state index in [0.29, 0.717) is 37.6 Å². The zero-order chi connectivity index (χ0) is 15.4. The van der Waals surface area contributed by atoms with Gasteiger partial charge in [0.25, 0.3) is 5.91 Å². The lowest BCUT2D eigenvalue weighted by molar-refractivity contribution is -0.140. The number of amides is 3. The van der Waals surface area contributed by atoms with E-state index >= 15 is 0 Å². The van der Waals surface area contributed by atoms with Crippen molar-refractivity contribution in [3.63, 3.8) is 0 Å². The van der Waals surface area contributed by atoms with E-state index < -0.39 is 6.10 Å². The SMILES string of the molecule is Cc1nnccc1NC(=O)N1CCN(C(=O)C(C)O)CC1. The Balaban J connectivity index is 1.89. The van der Waals surface area contributed by atoms with Crippen LogP contribution in [0.25, 0.3) is 0 Å². The molecule has 2 heterocycles. The van der Waals surface area contributed by atoms with E-state index in [1.165, 1.54) is 13.1 Å². The Kier molecular flexibility index (Phi) is 4.69. The zero-order valence-electron chi connectivity index (χ0n) is 12.1. The van der Waals surface area contributed by atoms with Gasteiger partial charge in [0, 0.05) is 26.2 Å². The van der Waals surface area contributed by atoms with E-state index in [1.54, 1.807) is 22.8 Å². The maximum absolute atomic E-state index is 12.1. The molecule has 8 nitrogen and oxygen atoms in total. The second-order valence-corrected chi connectivity index (χ2v) is 4.95. The van der Waals surface area contributed by atoms with Crippen LogP contribution in [-0.2, 0) is 4.79 Å². The van der Waals surface area contributed by atoms with Crippen LogP contribution in [0.1, 0.15) is 12.6 Å². The van der Waals surface area contributed by atoms with Gasteiger partial charge in [0.05, 0.1) is 17.6 Å². The molecule has 0 aromatic carbocycles. The summed E-state index contributed by atoms with van der Waals surface area (Å²) in [5.41, 5.74) is 1.27. The van der Waals surface area contributed by atoms with Gasteiger partial charge in [-0.2, -0.15) is 10.2 Å². The minimum atomic E-state index is -1.00. The van der Waals surface area contributed by atoms with Gasteiger partial charge < -0.3 is 20.2 Å². The van der Waals surface area contributed by atoms with Crippen LogP contribution >= 0.6 is 0 Å². The first kappa shape index (κ1) is 15.2. The summed E-state index contributed by atoms with van der Waals surface area (Å²) in [5.74, 6) is -0.302. The number of aliphatic hydroxyl groups excluding tert-OH is 1. The Bertz CT molecular complexity index is 526. The fourth-order valence-corrected chi connectivity index (χ4v) is 2.12. The number of aromatic nitrogens is 2. The van der Waals surface area contributed by atoms with E-state index in [-0.39, 0.29) is 11.9 Å².